The van der Waals surface area contributed by atoms with E-state index in [1.807, 2.05) is 5.38 Å². The van der Waals surface area contributed by atoms with E-state index in [0.717, 1.165) is 17.8 Å². The Balaban J connectivity index is 1.73. The first-order chi connectivity index (χ1) is 6.84. The highest BCUT2D eigenvalue weighted by Gasteiger charge is 2.19. The number of carbonyl (C=O) groups excluding carboxylic acids is 1. The van der Waals surface area contributed by atoms with Gasteiger partial charge in [-0.2, -0.15) is 0 Å². The van der Waals surface area contributed by atoms with Gasteiger partial charge in [-0.15, -0.1) is 11.3 Å². The fraction of sp³-hybridized carbons (Fsp3) is 0.600. The number of aromatic nitrogens is 1. The molecule has 0 aromatic carbocycles. The number of hydrogen-bond acceptors (Lipinski definition) is 4. The maximum atomic E-state index is 11.0. The van der Waals surface area contributed by atoms with Crippen molar-refractivity contribution in [3.63, 3.8) is 0 Å². The summed E-state index contributed by atoms with van der Waals surface area (Å²) < 4.78 is 5.67. The predicted molar refractivity (Wildman–Crippen MR) is 54.2 cm³/mol. The largest absolute Gasteiger partial charge is 0.371 e. The number of ether oxygens (including phenoxy) is 1. The van der Waals surface area contributed by atoms with Gasteiger partial charge in [0.05, 0.1) is 12.7 Å². The van der Waals surface area contributed by atoms with Gasteiger partial charge in [0.1, 0.15) is 10.8 Å². The van der Waals surface area contributed by atoms with Gasteiger partial charge >= 0.3 is 0 Å². The zero-order chi connectivity index (χ0) is 9.80. The van der Waals surface area contributed by atoms with Crippen LogP contribution in [0.1, 0.15) is 30.7 Å². The van der Waals surface area contributed by atoms with Crippen molar-refractivity contribution in [2.24, 2.45) is 0 Å². The van der Waals surface area contributed by atoms with E-state index in [9.17, 15) is 4.79 Å². The van der Waals surface area contributed by atoms with Crippen molar-refractivity contribution in [1.82, 2.24) is 4.98 Å². The number of Topliss-reactive ketones (excluding diaryl/α,β-unsaturated/α-hetero) is 1. The molecule has 1 aromatic rings. The molecule has 0 spiro atoms. The van der Waals surface area contributed by atoms with Crippen molar-refractivity contribution in [3.05, 3.63) is 16.6 Å². The van der Waals surface area contributed by atoms with Crippen LogP contribution in [0, 0.1) is 0 Å². The van der Waals surface area contributed by atoms with Crippen LogP contribution in [0.5, 0.6) is 0 Å². The van der Waals surface area contributed by atoms with Crippen molar-refractivity contribution in [2.45, 2.75) is 38.4 Å². The SMILES string of the molecule is O=C1CCC(OCc2nccs2)CC1. The number of thiazole rings is 1. The average Bonchev–Trinajstić information content (AvgIpc) is 2.70. The molecule has 0 saturated heterocycles. The molecule has 0 bridgehead atoms. The van der Waals surface area contributed by atoms with Gasteiger partial charge in [0, 0.05) is 24.4 Å². The van der Waals surface area contributed by atoms with Crippen LogP contribution in [0.15, 0.2) is 11.6 Å². The molecule has 0 amide bonds. The summed E-state index contributed by atoms with van der Waals surface area (Å²) >= 11 is 1.61. The van der Waals surface area contributed by atoms with Crippen LogP contribution in [-0.4, -0.2) is 16.9 Å². The van der Waals surface area contributed by atoms with E-state index in [4.69, 9.17) is 4.74 Å². The van der Waals surface area contributed by atoms with Gasteiger partial charge in [0.25, 0.3) is 0 Å². The van der Waals surface area contributed by atoms with E-state index in [-0.39, 0.29) is 6.10 Å². The van der Waals surface area contributed by atoms with Crippen LogP contribution in [0.4, 0.5) is 0 Å². The van der Waals surface area contributed by atoms with E-state index in [1.165, 1.54) is 0 Å². The lowest BCUT2D eigenvalue weighted by molar-refractivity contribution is -0.123. The van der Waals surface area contributed by atoms with Crippen molar-refractivity contribution in [2.75, 3.05) is 0 Å². The quantitative estimate of drug-likeness (QED) is 0.769. The second-order valence-electron chi connectivity index (χ2n) is 3.47. The molecule has 0 atom stereocenters. The zero-order valence-electron chi connectivity index (χ0n) is 7.94. The van der Waals surface area contributed by atoms with Gasteiger partial charge in [0.2, 0.25) is 0 Å². The van der Waals surface area contributed by atoms with E-state index >= 15 is 0 Å². The molecule has 0 radical (unpaired) electrons. The van der Waals surface area contributed by atoms with Crippen LogP contribution >= 0.6 is 11.3 Å². The summed E-state index contributed by atoms with van der Waals surface area (Å²) in [5.41, 5.74) is 0. The molecule has 3 nitrogen and oxygen atoms in total. The first-order valence-corrected chi connectivity index (χ1v) is 5.74. The van der Waals surface area contributed by atoms with Crippen molar-refractivity contribution < 1.29 is 9.53 Å². The Morgan fingerprint density at radius 2 is 2.29 bits per heavy atom. The van der Waals surface area contributed by atoms with Gasteiger partial charge in [-0.05, 0) is 12.8 Å². The average molecular weight is 211 g/mol. The van der Waals surface area contributed by atoms with E-state index in [1.54, 1.807) is 17.5 Å². The Morgan fingerprint density at radius 1 is 1.50 bits per heavy atom. The Morgan fingerprint density at radius 3 is 2.93 bits per heavy atom. The van der Waals surface area contributed by atoms with Crippen LogP contribution in [0.3, 0.4) is 0 Å². The monoisotopic (exact) mass is 211 g/mol. The smallest absolute Gasteiger partial charge is 0.133 e. The van der Waals surface area contributed by atoms with Gasteiger partial charge in [0.15, 0.2) is 0 Å². The van der Waals surface area contributed by atoms with Gasteiger partial charge in [-0.1, -0.05) is 0 Å². The lowest BCUT2D eigenvalue weighted by Crippen LogP contribution is -2.21. The predicted octanol–water partition coefficient (Wildman–Crippen LogP) is 2.17. The summed E-state index contributed by atoms with van der Waals surface area (Å²) in [7, 11) is 0. The Kier molecular flexibility index (Phi) is 3.26. The van der Waals surface area contributed by atoms with Crippen LogP contribution < -0.4 is 0 Å². The van der Waals surface area contributed by atoms with Gasteiger partial charge in [-0.3, -0.25) is 4.79 Å². The summed E-state index contributed by atoms with van der Waals surface area (Å²) in [5, 5.41) is 2.96. The third-order valence-electron chi connectivity index (χ3n) is 2.42. The summed E-state index contributed by atoms with van der Waals surface area (Å²) in [6.45, 7) is 0.594. The molecule has 1 fully saturated rings. The highest BCUT2D eigenvalue weighted by molar-refractivity contribution is 7.09. The third-order valence-corrected chi connectivity index (χ3v) is 3.17. The molecule has 1 aliphatic carbocycles. The van der Waals surface area contributed by atoms with Crippen molar-refractivity contribution in [3.8, 4) is 0 Å². The topological polar surface area (TPSA) is 39.2 Å². The van der Waals surface area contributed by atoms with E-state index < -0.39 is 0 Å². The number of hydrogen-bond donors (Lipinski definition) is 0. The zero-order valence-corrected chi connectivity index (χ0v) is 8.76. The Hall–Kier alpha value is -0.740. The number of nitrogens with zero attached hydrogens (tertiary/aromatic N) is 1. The fourth-order valence-corrected chi connectivity index (χ4v) is 2.13. The highest BCUT2D eigenvalue weighted by Crippen LogP contribution is 2.19. The summed E-state index contributed by atoms with van der Waals surface area (Å²) in [4.78, 5) is 15.1. The molecule has 76 valence electrons. The lowest BCUT2D eigenvalue weighted by Gasteiger charge is -2.20. The molecule has 0 aliphatic heterocycles. The van der Waals surface area contributed by atoms with Crippen molar-refractivity contribution in [1.29, 1.82) is 0 Å². The Labute approximate surface area is 87.1 Å². The summed E-state index contributed by atoms with van der Waals surface area (Å²) in [5.74, 6) is 0.374. The molecule has 0 unspecified atom stereocenters. The number of carbonyl (C=O) groups is 1. The van der Waals surface area contributed by atoms with Crippen LogP contribution in [0.25, 0.3) is 0 Å². The minimum absolute atomic E-state index is 0.261. The standard InChI is InChI=1S/C10H13NO2S/c12-8-1-3-9(4-2-8)13-7-10-11-5-6-14-10/h5-6,9H,1-4,7H2. The molecule has 1 aliphatic rings. The molecule has 0 N–H and O–H groups in total. The minimum Gasteiger partial charge on any atom is -0.371 e. The normalized spacial score (nSPS) is 18.7. The van der Waals surface area contributed by atoms with E-state index in [2.05, 4.69) is 4.98 Å². The van der Waals surface area contributed by atoms with Crippen molar-refractivity contribution >= 4 is 17.1 Å². The third kappa shape index (κ3) is 2.62. The maximum Gasteiger partial charge on any atom is 0.133 e. The molecule has 14 heavy (non-hydrogen) atoms. The van der Waals surface area contributed by atoms with Crippen LogP contribution in [-0.2, 0) is 16.1 Å². The lowest BCUT2D eigenvalue weighted by atomic mass is 9.97. The van der Waals surface area contributed by atoms with Crippen LogP contribution in [0.2, 0.25) is 0 Å². The fourth-order valence-electron chi connectivity index (χ4n) is 1.59. The molecule has 1 heterocycles. The van der Waals surface area contributed by atoms with E-state index in [0.29, 0.717) is 25.2 Å². The molecule has 1 saturated carbocycles. The second-order valence-corrected chi connectivity index (χ2v) is 4.45. The molecular weight excluding hydrogens is 198 g/mol. The second kappa shape index (κ2) is 4.66. The van der Waals surface area contributed by atoms with Gasteiger partial charge in [-0.25, -0.2) is 4.98 Å². The first kappa shape index (κ1) is 9.80. The Bertz CT molecular complexity index is 287. The first-order valence-electron chi connectivity index (χ1n) is 4.86. The molecular formula is C10H13NO2S. The summed E-state index contributed by atoms with van der Waals surface area (Å²) in [6.07, 6.45) is 5.17. The maximum absolute atomic E-state index is 11.0. The minimum atomic E-state index is 0.261. The molecule has 4 heteroatoms. The number of ketones is 1. The van der Waals surface area contributed by atoms with Gasteiger partial charge < -0.3 is 4.74 Å². The number of rotatable bonds is 3. The highest BCUT2D eigenvalue weighted by atomic mass is 32.1. The summed E-state index contributed by atoms with van der Waals surface area (Å²) in [6, 6.07) is 0. The molecule has 1 aromatic heterocycles. The molecule has 2 rings (SSSR count).